The molecule has 1 fully saturated rings. The van der Waals surface area contributed by atoms with Crippen molar-refractivity contribution < 1.29 is 0 Å². The maximum atomic E-state index is 12.3. The van der Waals surface area contributed by atoms with Crippen LogP contribution in [-0.4, -0.2) is 19.1 Å². The summed E-state index contributed by atoms with van der Waals surface area (Å²) in [5.74, 6) is 6.68. The van der Waals surface area contributed by atoms with Crippen LogP contribution < -0.4 is 17.0 Å². The fraction of sp³-hybridized carbons (Fsp3) is 0.308. The van der Waals surface area contributed by atoms with Crippen molar-refractivity contribution in [1.29, 1.82) is 0 Å². The van der Waals surface area contributed by atoms with E-state index in [0.29, 0.717) is 24.2 Å². The monoisotopic (exact) mass is 302 g/mol. The van der Waals surface area contributed by atoms with Gasteiger partial charge in [0.25, 0.3) is 0 Å². The van der Waals surface area contributed by atoms with E-state index >= 15 is 0 Å². The molecule has 0 amide bonds. The first kappa shape index (κ1) is 12.5. The summed E-state index contributed by atoms with van der Waals surface area (Å²) in [6.07, 6.45) is 5.80. The number of aromatic nitrogens is 4. The van der Waals surface area contributed by atoms with Gasteiger partial charge in [0.2, 0.25) is 0 Å². The Bertz CT molecular complexity index is 859. The number of nitrogen functional groups attached to an aromatic ring is 1. The molecule has 0 aliphatic heterocycles. The Balaban J connectivity index is 1.72. The molecule has 3 N–H and O–H groups in total. The molecule has 0 radical (unpaired) electrons. The maximum Gasteiger partial charge on any atom is 0.328 e. The van der Waals surface area contributed by atoms with Gasteiger partial charge in [-0.2, -0.15) is 0 Å². The number of thiophene rings is 1. The van der Waals surface area contributed by atoms with Gasteiger partial charge >= 0.3 is 5.69 Å². The lowest BCUT2D eigenvalue weighted by Crippen LogP contribution is -2.24. The lowest BCUT2D eigenvalue weighted by Gasteiger charge is -2.05. The van der Waals surface area contributed by atoms with Gasteiger partial charge in [0.1, 0.15) is 4.83 Å². The Morgan fingerprint density at radius 2 is 2.24 bits per heavy atom. The summed E-state index contributed by atoms with van der Waals surface area (Å²) in [5, 5.41) is 2.84. The molecule has 4 rings (SSSR count). The largest absolute Gasteiger partial charge is 0.328 e. The van der Waals surface area contributed by atoms with Crippen LogP contribution in [0.4, 0.5) is 5.82 Å². The summed E-state index contributed by atoms with van der Waals surface area (Å²) in [6.45, 7) is 0.348. The Morgan fingerprint density at radius 1 is 1.38 bits per heavy atom. The van der Waals surface area contributed by atoms with E-state index in [0.717, 1.165) is 23.1 Å². The van der Waals surface area contributed by atoms with E-state index in [9.17, 15) is 4.79 Å². The molecule has 1 aliphatic carbocycles. The van der Waals surface area contributed by atoms with Gasteiger partial charge in [0.15, 0.2) is 11.6 Å². The van der Waals surface area contributed by atoms with Crippen LogP contribution in [0.1, 0.15) is 24.7 Å². The van der Waals surface area contributed by atoms with Crippen LogP contribution in [0.25, 0.3) is 10.2 Å². The maximum absolute atomic E-state index is 12.3. The summed E-state index contributed by atoms with van der Waals surface area (Å²) in [7, 11) is 0. The van der Waals surface area contributed by atoms with Crippen molar-refractivity contribution in [2.24, 2.45) is 5.84 Å². The molecule has 1 aliphatic rings. The van der Waals surface area contributed by atoms with E-state index in [-0.39, 0.29) is 5.69 Å². The SMILES string of the molecule is NNc1nc(Cn2ccn(C3CC3)c2=O)nc2sccc12. The second-order valence-corrected chi connectivity index (χ2v) is 6.01. The Labute approximate surface area is 124 Å². The van der Waals surface area contributed by atoms with Crippen LogP contribution in [0.5, 0.6) is 0 Å². The van der Waals surface area contributed by atoms with E-state index in [4.69, 9.17) is 5.84 Å². The molecule has 108 valence electrons. The zero-order valence-corrected chi connectivity index (χ0v) is 12.0. The van der Waals surface area contributed by atoms with E-state index in [1.807, 2.05) is 17.6 Å². The zero-order chi connectivity index (χ0) is 14.4. The van der Waals surface area contributed by atoms with E-state index < -0.39 is 0 Å². The summed E-state index contributed by atoms with van der Waals surface area (Å²) in [4.78, 5) is 22.0. The number of nitrogens with zero attached hydrogens (tertiary/aromatic N) is 4. The molecule has 3 heterocycles. The highest BCUT2D eigenvalue weighted by molar-refractivity contribution is 7.16. The molecule has 3 aromatic heterocycles. The highest BCUT2D eigenvalue weighted by atomic mass is 32.1. The number of imidazole rings is 1. The average Bonchev–Trinajstić information content (AvgIpc) is 3.11. The molecule has 0 spiro atoms. The average molecular weight is 302 g/mol. The molecule has 3 aromatic rings. The number of nitrogens with two attached hydrogens (primary N) is 1. The van der Waals surface area contributed by atoms with Gasteiger partial charge in [-0.25, -0.2) is 20.6 Å². The molecule has 7 nitrogen and oxygen atoms in total. The van der Waals surface area contributed by atoms with Gasteiger partial charge in [0.05, 0.1) is 11.9 Å². The minimum absolute atomic E-state index is 0.00497. The summed E-state index contributed by atoms with van der Waals surface area (Å²) in [6, 6.07) is 2.30. The van der Waals surface area contributed by atoms with Gasteiger partial charge in [-0.1, -0.05) is 0 Å². The molecule has 0 aromatic carbocycles. The van der Waals surface area contributed by atoms with E-state index in [1.165, 1.54) is 11.3 Å². The van der Waals surface area contributed by atoms with Crippen LogP contribution in [0.15, 0.2) is 28.6 Å². The van der Waals surface area contributed by atoms with Gasteiger partial charge in [0, 0.05) is 18.4 Å². The quantitative estimate of drug-likeness (QED) is 0.560. The first-order valence-electron chi connectivity index (χ1n) is 6.74. The zero-order valence-electron chi connectivity index (χ0n) is 11.2. The van der Waals surface area contributed by atoms with Crippen molar-refractivity contribution in [1.82, 2.24) is 19.1 Å². The van der Waals surface area contributed by atoms with Crippen molar-refractivity contribution in [3.63, 3.8) is 0 Å². The molecular weight excluding hydrogens is 288 g/mol. The second kappa shape index (κ2) is 4.68. The standard InChI is InChI=1S/C13H14N6OS/c14-17-11-9-3-6-21-12(9)16-10(15-11)7-18-4-5-19(13(18)20)8-1-2-8/h3-6,8H,1-2,7,14H2,(H,15,16,17). The van der Waals surface area contributed by atoms with Crippen LogP contribution in [0, 0.1) is 0 Å². The van der Waals surface area contributed by atoms with E-state index in [2.05, 4.69) is 15.4 Å². The lowest BCUT2D eigenvalue weighted by atomic mass is 10.4. The van der Waals surface area contributed by atoms with E-state index in [1.54, 1.807) is 15.3 Å². The summed E-state index contributed by atoms with van der Waals surface area (Å²) < 4.78 is 3.42. The number of hydrogen-bond donors (Lipinski definition) is 2. The van der Waals surface area contributed by atoms with Crippen molar-refractivity contribution >= 4 is 27.4 Å². The number of fused-ring (bicyclic) bond motifs is 1. The predicted octanol–water partition coefficient (Wildman–Crippen LogP) is 1.32. The normalized spacial score (nSPS) is 14.7. The lowest BCUT2D eigenvalue weighted by molar-refractivity contribution is 0.644. The minimum atomic E-state index is -0.00497. The Morgan fingerprint density at radius 3 is 3.00 bits per heavy atom. The number of rotatable bonds is 4. The highest BCUT2D eigenvalue weighted by Crippen LogP contribution is 2.33. The number of anilines is 1. The molecule has 0 bridgehead atoms. The first-order valence-corrected chi connectivity index (χ1v) is 7.62. The molecule has 0 atom stereocenters. The van der Waals surface area contributed by atoms with Crippen molar-refractivity contribution in [2.75, 3.05) is 5.43 Å². The molecular formula is C13H14N6OS. The van der Waals surface area contributed by atoms with Gasteiger partial charge in [-0.05, 0) is 24.3 Å². The molecule has 21 heavy (non-hydrogen) atoms. The minimum Gasteiger partial charge on any atom is -0.308 e. The fourth-order valence-corrected chi connectivity index (χ4v) is 3.19. The van der Waals surface area contributed by atoms with Crippen LogP contribution >= 0.6 is 11.3 Å². The third-order valence-electron chi connectivity index (χ3n) is 3.63. The second-order valence-electron chi connectivity index (χ2n) is 5.12. The van der Waals surface area contributed by atoms with Gasteiger partial charge in [-0.15, -0.1) is 11.3 Å². The number of hydrazine groups is 1. The summed E-state index contributed by atoms with van der Waals surface area (Å²) >= 11 is 1.53. The number of hydrogen-bond acceptors (Lipinski definition) is 6. The van der Waals surface area contributed by atoms with Crippen molar-refractivity contribution in [3.05, 3.63) is 40.1 Å². The fourth-order valence-electron chi connectivity index (χ4n) is 2.41. The predicted molar refractivity (Wildman–Crippen MR) is 81.3 cm³/mol. The van der Waals surface area contributed by atoms with Gasteiger partial charge < -0.3 is 5.43 Å². The summed E-state index contributed by atoms with van der Waals surface area (Å²) in [5.41, 5.74) is 2.59. The topological polar surface area (TPSA) is 90.8 Å². The first-order chi connectivity index (χ1) is 10.3. The third kappa shape index (κ3) is 2.12. The molecule has 1 saturated carbocycles. The van der Waals surface area contributed by atoms with Crippen molar-refractivity contribution in [3.8, 4) is 0 Å². The van der Waals surface area contributed by atoms with Gasteiger partial charge in [-0.3, -0.25) is 9.13 Å². The van der Waals surface area contributed by atoms with Crippen LogP contribution in [0.3, 0.4) is 0 Å². The Kier molecular flexibility index (Phi) is 2.79. The van der Waals surface area contributed by atoms with Crippen molar-refractivity contribution in [2.45, 2.75) is 25.4 Å². The smallest absolute Gasteiger partial charge is 0.308 e. The number of nitrogens with one attached hydrogen (secondary N) is 1. The molecule has 0 unspecified atom stereocenters. The highest BCUT2D eigenvalue weighted by Gasteiger charge is 2.25. The van der Waals surface area contributed by atoms with Crippen LogP contribution in [-0.2, 0) is 6.54 Å². The third-order valence-corrected chi connectivity index (χ3v) is 4.44. The molecule has 0 saturated heterocycles. The van der Waals surface area contributed by atoms with Crippen LogP contribution in [0.2, 0.25) is 0 Å². The Hall–Kier alpha value is -2.19. The molecule has 8 heteroatoms.